The Kier molecular flexibility index (Phi) is 4.33. The number of amides is 1. The predicted octanol–water partition coefficient (Wildman–Crippen LogP) is 3.73. The van der Waals surface area contributed by atoms with E-state index in [1.807, 2.05) is 32.0 Å². The van der Waals surface area contributed by atoms with Crippen molar-refractivity contribution >= 4 is 27.9 Å². The molecule has 1 N–H and O–H groups in total. The van der Waals surface area contributed by atoms with Gasteiger partial charge in [-0.05, 0) is 32.0 Å². The fraction of sp³-hybridized carbons (Fsp3) is 0.158. The maximum atomic E-state index is 12.8. The summed E-state index contributed by atoms with van der Waals surface area (Å²) in [5, 5.41) is 8.64. The van der Waals surface area contributed by atoms with Crippen LogP contribution in [0.4, 0.5) is 5.00 Å². The molecule has 3 aromatic heterocycles. The van der Waals surface area contributed by atoms with E-state index in [4.69, 9.17) is 4.74 Å². The molecular formula is C19H17N5O2S. The highest BCUT2D eigenvalue weighted by Gasteiger charge is 2.20. The number of carbonyl (C=O) groups excluding carboxylic acids is 1. The van der Waals surface area contributed by atoms with E-state index in [0.717, 1.165) is 16.1 Å². The van der Waals surface area contributed by atoms with Crippen molar-refractivity contribution in [3.63, 3.8) is 0 Å². The third kappa shape index (κ3) is 3.15. The topological polar surface area (TPSA) is 81.4 Å². The van der Waals surface area contributed by atoms with Gasteiger partial charge in [0.1, 0.15) is 22.0 Å². The Hall–Kier alpha value is -3.26. The zero-order chi connectivity index (χ0) is 19.0. The lowest BCUT2D eigenvalue weighted by Crippen LogP contribution is -2.12. The minimum Gasteiger partial charge on any atom is -0.496 e. The first kappa shape index (κ1) is 17.2. The van der Waals surface area contributed by atoms with Gasteiger partial charge in [-0.25, -0.2) is 14.5 Å². The Labute approximate surface area is 159 Å². The molecule has 0 saturated heterocycles. The molecule has 8 heteroatoms. The van der Waals surface area contributed by atoms with Crippen molar-refractivity contribution in [2.45, 2.75) is 13.8 Å². The molecular weight excluding hydrogens is 362 g/mol. The molecule has 0 unspecified atom stereocenters. The molecule has 0 aliphatic heterocycles. The van der Waals surface area contributed by atoms with E-state index < -0.39 is 0 Å². The van der Waals surface area contributed by atoms with Gasteiger partial charge >= 0.3 is 0 Å². The number of methoxy groups -OCH3 is 1. The molecule has 7 nitrogen and oxygen atoms in total. The van der Waals surface area contributed by atoms with Gasteiger partial charge in [0.15, 0.2) is 5.65 Å². The molecule has 0 fully saturated rings. The zero-order valence-electron chi connectivity index (χ0n) is 15.1. The third-order valence-electron chi connectivity index (χ3n) is 4.10. The summed E-state index contributed by atoms with van der Waals surface area (Å²) in [6.45, 7) is 3.91. The Bertz CT molecular complexity index is 1150. The van der Waals surface area contributed by atoms with Crippen molar-refractivity contribution in [2.75, 3.05) is 12.4 Å². The van der Waals surface area contributed by atoms with Crippen LogP contribution in [0, 0.1) is 13.8 Å². The monoisotopic (exact) mass is 379 g/mol. The fourth-order valence-corrected chi connectivity index (χ4v) is 3.69. The second kappa shape index (κ2) is 6.81. The van der Waals surface area contributed by atoms with Crippen molar-refractivity contribution in [3.8, 4) is 17.0 Å². The van der Waals surface area contributed by atoms with Crippen molar-refractivity contribution in [1.82, 2.24) is 19.6 Å². The Morgan fingerprint density at radius 1 is 1.30 bits per heavy atom. The van der Waals surface area contributed by atoms with E-state index >= 15 is 0 Å². The zero-order valence-corrected chi connectivity index (χ0v) is 15.9. The van der Waals surface area contributed by atoms with Gasteiger partial charge in [-0.2, -0.15) is 5.10 Å². The molecule has 1 aromatic carbocycles. The average Bonchev–Trinajstić information content (AvgIpc) is 3.25. The van der Waals surface area contributed by atoms with Gasteiger partial charge in [0.25, 0.3) is 5.91 Å². The van der Waals surface area contributed by atoms with Crippen molar-refractivity contribution in [2.24, 2.45) is 0 Å². The van der Waals surface area contributed by atoms with Crippen molar-refractivity contribution in [3.05, 3.63) is 59.0 Å². The van der Waals surface area contributed by atoms with Crippen LogP contribution in [0.5, 0.6) is 5.75 Å². The van der Waals surface area contributed by atoms with Crippen LogP contribution in [0.25, 0.3) is 16.9 Å². The SMILES string of the molecule is COc1ccc(C)cc1-c1nc(C)sc1NC(=O)c1cnn2cccnc12. The molecule has 0 bridgehead atoms. The molecule has 3 heterocycles. The maximum absolute atomic E-state index is 12.8. The first-order valence-electron chi connectivity index (χ1n) is 8.29. The van der Waals surface area contributed by atoms with Crippen LogP contribution in [0.15, 0.2) is 42.9 Å². The Morgan fingerprint density at radius 3 is 2.96 bits per heavy atom. The van der Waals surface area contributed by atoms with Crippen LogP contribution in [0.1, 0.15) is 20.9 Å². The lowest BCUT2D eigenvalue weighted by molar-refractivity contribution is 0.102. The van der Waals surface area contributed by atoms with Gasteiger partial charge in [-0.15, -0.1) is 11.3 Å². The van der Waals surface area contributed by atoms with Crippen LogP contribution in [-0.2, 0) is 0 Å². The first-order valence-corrected chi connectivity index (χ1v) is 9.10. The molecule has 0 spiro atoms. The first-order chi connectivity index (χ1) is 13.1. The third-order valence-corrected chi connectivity index (χ3v) is 4.98. The van der Waals surface area contributed by atoms with Crippen molar-refractivity contribution in [1.29, 1.82) is 0 Å². The summed E-state index contributed by atoms with van der Waals surface area (Å²) in [4.78, 5) is 21.7. The summed E-state index contributed by atoms with van der Waals surface area (Å²) in [6, 6.07) is 7.64. The number of rotatable bonds is 4. The van der Waals surface area contributed by atoms with E-state index in [1.165, 1.54) is 17.5 Å². The summed E-state index contributed by atoms with van der Waals surface area (Å²) >= 11 is 1.42. The van der Waals surface area contributed by atoms with Gasteiger partial charge in [-0.1, -0.05) is 11.6 Å². The van der Waals surface area contributed by atoms with Gasteiger partial charge in [0.2, 0.25) is 0 Å². The van der Waals surface area contributed by atoms with E-state index in [9.17, 15) is 4.79 Å². The fourth-order valence-electron chi connectivity index (χ4n) is 2.86. The molecule has 0 aliphatic rings. The van der Waals surface area contributed by atoms with E-state index in [-0.39, 0.29) is 5.91 Å². The van der Waals surface area contributed by atoms with Gasteiger partial charge in [0.05, 0.1) is 18.3 Å². The molecule has 4 rings (SSSR count). The molecule has 0 saturated carbocycles. The number of anilines is 1. The van der Waals surface area contributed by atoms with Crippen LogP contribution >= 0.6 is 11.3 Å². The molecule has 1 amide bonds. The van der Waals surface area contributed by atoms with Crippen LogP contribution in [-0.4, -0.2) is 32.6 Å². The van der Waals surface area contributed by atoms with Crippen LogP contribution in [0.2, 0.25) is 0 Å². The second-order valence-corrected chi connectivity index (χ2v) is 7.22. The summed E-state index contributed by atoms with van der Waals surface area (Å²) in [5.41, 5.74) is 3.53. The molecule has 0 atom stereocenters. The number of hydrogen-bond donors (Lipinski definition) is 1. The average molecular weight is 379 g/mol. The van der Waals surface area contributed by atoms with Gasteiger partial charge in [0, 0.05) is 18.0 Å². The highest BCUT2D eigenvalue weighted by atomic mass is 32.1. The Balaban J connectivity index is 1.74. The summed E-state index contributed by atoms with van der Waals surface area (Å²) in [7, 11) is 1.62. The largest absolute Gasteiger partial charge is 0.496 e. The second-order valence-electron chi connectivity index (χ2n) is 6.01. The maximum Gasteiger partial charge on any atom is 0.261 e. The minimum atomic E-state index is -0.278. The molecule has 27 heavy (non-hydrogen) atoms. The van der Waals surface area contributed by atoms with Gasteiger partial charge < -0.3 is 10.1 Å². The minimum absolute atomic E-state index is 0.278. The van der Waals surface area contributed by atoms with Gasteiger partial charge in [-0.3, -0.25) is 4.79 Å². The number of carbonyl (C=O) groups is 1. The molecule has 0 radical (unpaired) electrons. The number of aromatic nitrogens is 4. The number of aryl methyl sites for hydroxylation is 2. The highest BCUT2D eigenvalue weighted by molar-refractivity contribution is 7.16. The molecule has 136 valence electrons. The van der Waals surface area contributed by atoms with Crippen LogP contribution in [0.3, 0.4) is 0 Å². The lowest BCUT2D eigenvalue weighted by atomic mass is 10.1. The number of thiazole rings is 1. The number of ether oxygens (including phenoxy) is 1. The summed E-state index contributed by atoms with van der Waals surface area (Å²) in [5.74, 6) is 0.430. The summed E-state index contributed by atoms with van der Waals surface area (Å²) < 4.78 is 7.05. The smallest absolute Gasteiger partial charge is 0.261 e. The normalized spacial score (nSPS) is 10.9. The van der Waals surface area contributed by atoms with E-state index in [1.54, 1.807) is 30.1 Å². The van der Waals surface area contributed by atoms with E-state index in [0.29, 0.717) is 27.7 Å². The number of nitrogens with zero attached hydrogens (tertiary/aromatic N) is 4. The Morgan fingerprint density at radius 2 is 2.15 bits per heavy atom. The molecule has 4 aromatic rings. The number of fused-ring (bicyclic) bond motifs is 1. The molecule has 0 aliphatic carbocycles. The van der Waals surface area contributed by atoms with Crippen LogP contribution < -0.4 is 10.1 Å². The number of hydrogen-bond acceptors (Lipinski definition) is 6. The van der Waals surface area contributed by atoms with Crippen molar-refractivity contribution < 1.29 is 9.53 Å². The lowest BCUT2D eigenvalue weighted by Gasteiger charge is -2.10. The van der Waals surface area contributed by atoms with E-state index in [2.05, 4.69) is 20.4 Å². The standard InChI is InChI=1S/C19H17N5O2S/c1-11-5-6-15(26-3)13(9-11)16-19(27-12(2)22-16)23-18(25)14-10-21-24-8-4-7-20-17(14)24/h4-10H,1-3H3,(H,23,25). The number of nitrogens with one attached hydrogen (secondary N) is 1. The quantitative estimate of drug-likeness (QED) is 0.584. The summed E-state index contributed by atoms with van der Waals surface area (Å²) in [6.07, 6.45) is 4.89. The highest BCUT2D eigenvalue weighted by Crippen LogP contribution is 2.38. The number of benzene rings is 1. The predicted molar refractivity (Wildman–Crippen MR) is 105 cm³/mol.